The predicted octanol–water partition coefficient (Wildman–Crippen LogP) is 3.81. The first kappa shape index (κ1) is 13.5. The normalized spacial score (nSPS) is 13.2. The number of pyridine rings is 1. The highest BCUT2D eigenvalue weighted by Gasteiger charge is 2.22. The molecular formula is C14H14ClN3OS. The lowest BCUT2D eigenvalue weighted by Gasteiger charge is -2.16. The third-order valence-corrected chi connectivity index (χ3v) is 4.32. The standard InChI is InChI=1S/C14H14ClN3OS/c1-8(2)18-13(10(15)7-17-18)14(19)9-5-12-11(16-6-9)3-4-20-12/h3-8,14,19H,1-2H3. The van der Waals surface area contributed by atoms with Crippen molar-refractivity contribution in [1.29, 1.82) is 0 Å². The first-order chi connectivity index (χ1) is 9.58. The largest absolute Gasteiger partial charge is 0.382 e. The highest BCUT2D eigenvalue weighted by Crippen LogP contribution is 2.31. The van der Waals surface area contributed by atoms with Gasteiger partial charge in [0.15, 0.2) is 0 Å². The summed E-state index contributed by atoms with van der Waals surface area (Å²) in [4.78, 5) is 4.35. The Balaban J connectivity index is 2.07. The van der Waals surface area contributed by atoms with E-state index in [1.54, 1.807) is 28.4 Å². The van der Waals surface area contributed by atoms with E-state index in [0.29, 0.717) is 10.7 Å². The summed E-state index contributed by atoms with van der Waals surface area (Å²) < 4.78 is 2.79. The molecule has 0 fully saturated rings. The third-order valence-electron chi connectivity index (χ3n) is 3.17. The van der Waals surface area contributed by atoms with E-state index in [2.05, 4.69) is 10.1 Å². The zero-order valence-electron chi connectivity index (χ0n) is 11.1. The fraction of sp³-hybridized carbons (Fsp3) is 0.286. The van der Waals surface area contributed by atoms with Crippen molar-refractivity contribution in [2.75, 3.05) is 0 Å². The number of thiophene rings is 1. The number of halogens is 1. The second-order valence-electron chi connectivity index (χ2n) is 4.89. The van der Waals surface area contributed by atoms with Crippen LogP contribution in [0.1, 0.15) is 37.3 Å². The Labute approximate surface area is 125 Å². The van der Waals surface area contributed by atoms with Crippen LogP contribution in [-0.4, -0.2) is 19.9 Å². The Bertz CT molecular complexity index is 750. The van der Waals surface area contributed by atoms with E-state index in [1.165, 1.54) is 0 Å². The average molecular weight is 308 g/mol. The Kier molecular flexibility index (Phi) is 3.50. The lowest BCUT2D eigenvalue weighted by atomic mass is 10.1. The van der Waals surface area contributed by atoms with Crippen LogP contribution in [0.15, 0.2) is 29.9 Å². The molecule has 0 aromatic carbocycles. The van der Waals surface area contributed by atoms with Crippen LogP contribution >= 0.6 is 22.9 Å². The Morgan fingerprint density at radius 2 is 2.15 bits per heavy atom. The quantitative estimate of drug-likeness (QED) is 0.800. The molecule has 0 radical (unpaired) electrons. The minimum atomic E-state index is -0.827. The topological polar surface area (TPSA) is 50.9 Å². The number of nitrogens with zero attached hydrogens (tertiary/aromatic N) is 3. The van der Waals surface area contributed by atoms with Gasteiger partial charge in [0.25, 0.3) is 0 Å². The van der Waals surface area contributed by atoms with E-state index >= 15 is 0 Å². The molecule has 0 spiro atoms. The summed E-state index contributed by atoms with van der Waals surface area (Å²) in [5.74, 6) is 0. The molecule has 104 valence electrons. The van der Waals surface area contributed by atoms with Crippen molar-refractivity contribution in [3.05, 3.63) is 46.2 Å². The van der Waals surface area contributed by atoms with Crippen LogP contribution < -0.4 is 0 Å². The Morgan fingerprint density at radius 1 is 1.35 bits per heavy atom. The van der Waals surface area contributed by atoms with Gasteiger partial charge in [-0.05, 0) is 31.4 Å². The maximum absolute atomic E-state index is 10.6. The van der Waals surface area contributed by atoms with Gasteiger partial charge in [0.2, 0.25) is 0 Å². The van der Waals surface area contributed by atoms with Gasteiger partial charge >= 0.3 is 0 Å². The summed E-state index contributed by atoms with van der Waals surface area (Å²) in [5.41, 5.74) is 2.28. The fourth-order valence-electron chi connectivity index (χ4n) is 2.19. The molecule has 0 aliphatic carbocycles. The maximum atomic E-state index is 10.6. The molecule has 1 atom stereocenters. The molecule has 20 heavy (non-hydrogen) atoms. The van der Waals surface area contributed by atoms with E-state index in [1.807, 2.05) is 31.4 Å². The lowest BCUT2D eigenvalue weighted by molar-refractivity contribution is 0.205. The van der Waals surface area contributed by atoms with Crippen LogP contribution in [0.25, 0.3) is 10.2 Å². The highest BCUT2D eigenvalue weighted by molar-refractivity contribution is 7.17. The SMILES string of the molecule is CC(C)n1ncc(Cl)c1C(O)c1cnc2ccsc2c1. The number of rotatable bonds is 3. The molecule has 1 N–H and O–H groups in total. The van der Waals surface area contributed by atoms with Crippen molar-refractivity contribution in [1.82, 2.24) is 14.8 Å². The molecule has 3 aromatic rings. The number of hydrogen-bond acceptors (Lipinski definition) is 4. The van der Waals surface area contributed by atoms with Crippen molar-refractivity contribution < 1.29 is 5.11 Å². The van der Waals surface area contributed by atoms with Crippen LogP contribution in [0, 0.1) is 0 Å². The average Bonchev–Trinajstić information content (AvgIpc) is 3.03. The van der Waals surface area contributed by atoms with Crippen LogP contribution in [0.3, 0.4) is 0 Å². The molecule has 3 heterocycles. The molecule has 6 heteroatoms. The van der Waals surface area contributed by atoms with Gasteiger partial charge in [-0.2, -0.15) is 5.10 Å². The minimum absolute atomic E-state index is 0.130. The molecule has 1 unspecified atom stereocenters. The van der Waals surface area contributed by atoms with Crippen LogP contribution in [0.4, 0.5) is 0 Å². The third kappa shape index (κ3) is 2.22. The van der Waals surface area contributed by atoms with Crippen molar-refractivity contribution in [2.24, 2.45) is 0 Å². The molecule has 0 aliphatic heterocycles. The van der Waals surface area contributed by atoms with Gasteiger partial charge in [0.1, 0.15) is 6.10 Å². The van der Waals surface area contributed by atoms with Crippen LogP contribution in [0.2, 0.25) is 5.02 Å². The number of hydrogen-bond donors (Lipinski definition) is 1. The Hall–Kier alpha value is -1.43. The van der Waals surface area contributed by atoms with Gasteiger partial charge in [-0.25, -0.2) is 0 Å². The molecular weight excluding hydrogens is 294 g/mol. The summed E-state index contributed by atoms with van der Waals surface area (Å²) in [6, 6.07) is 4.04. The number of aromatic nitrogens is 3. The van der Waals surface area contributed by atoms with Gasteiger partial charge in [0, 0.05) is 17.8 Å². The van der Waals surface area contributed by atoms with Crippen molar-refractivity contribution >= 4 is 33.2 Å². The van der Waals surface area contributed by atoms with E-state index in [-0.39, 0.29) is 6.04 Å². The second kappa shape index (κ2) is 5.16. The van der Waals surface area contributed by atoms with Crippen molar-refractivity contribution in [3.63, 3.8) is 0 Å². The number of aliphatic hydroxyl groups excluding tert-OH is 1. The van der Waals surface area contributed by atoms with E-state index in [9.17, 15) is 5.11 Å². The van der Waals surface area contributed by atoms with Gasteiger partial charge < -0.3 is 5.11 Å². The van der Waals surface area contributed by atoms with Gasteiger partial charge in [0.05, 0.1) is 27.1 Å². The summed E-state index contributed by atoms with van der Waals surface area (Å²) in [5, 5.41) is 17.3. The molecule has 0 saturated heterocycles. The maximum Gasteiger partial charge on any atom is 0.124 e. The summed E-state index contributed by atoms with van der Waals surface area (Å²) in [7, 11) is 0. The summed E-state index contributed by atoms with van der Waals surface area (Å²) in [6.07, 6.45) is 2.43. The molecule has 0 bridgehead atoms. The van der Waals surface area contributed by atoms with Crippen LogP contribution in [-0.2, 0) is 0 Å². The zero-order chi connectivity index (χ0) is 14.3. The van der Waals surface area contributed by atoms with Crippen LogP contribution in [0.5, 0.6) is 0 Å². The van der Waals surface area contributed by atoms with Crippen molar-refractivity contribution in [3.8, 4) is 0 Å². The molecule has 4 nitrogen and oxygen atoms in total. The second-order valence-corrected chi connectivity index (χ2v) is 6.25. The first-order valence-electron chi connectivity index (χ1n) is 6.32. The summed E-state index contributed by atoms with van der Waals surface area (Å²) >= 11 is 7.77. The van der Waals surface area contributed by atoms with E-state index < -0.39 is 6.10 Å². The fourth-order valence-corrected chi connectivity index (χ4v) is 3.21. The molecule has 3 aromatic heterocycles. The van der Waals surface area contributed by atoms with Gasteiger partial charge in [-0.1, -0.05) is 11.6 Å². The molecule has 3 rings (SSSR count). The zero-order valence-corrected chi connectivity index (χ0v) is 12.7. The number of fused-ring (bicyclic) bond motifs is 1. The lowest BCUT2D eigenvalue weighted by Crippen LogP contribution is -2.12. The predicted molar refractivity (Wildman–Crippen MR) is 81.3 cm³/mol. The smallest absolute Gasteiger partial charge is 0.124 e. The minimum Gasteiger partial charge on any atom is -0.382 e. The monoisotopic (exact) mass is 307 g/mol. The summed E-state index contributed by atoms with van der Waals surface area (Å²) in [6.45, 7) is 4.00. The van der Waals surface area contributed by atoms with Gasteiger partial charge in [-0.3, -0.25) is 9.67 Å². The molecule has 0 amide bonds. The van der Waals surface area contributed by atoms with E-state index in [4.69, 9.17) is 11.6 Å². The first-order valence-corrected chi connectivity index (χ1v) is 7.58. The molecule has 0 saturated carbocycles. The Morgan fingerprint density at radius 3 is 2.90 bits per heavy atom. The van der Waals surface area contributed by atoms with Crippen molar-refractivity contribution in [2.45, 2.75) is 26.0 Å². The van der Waals surface area contributed by atoms with Gasteiger partial charge in [-0.15, -0.1) is 11.3 Å². The highest BCUT2D eigenvalue weighted by atomic mass is 35.5. The molecule has 0 aliphatic rings. The van der Waals surface area contributed by atoms with E-state index in [0.717, 1.165) is 15.8 Å². The number of aliphatic hydroxyl groups is 1.